The maximum atomic E-state index is 12.2. The average Bonchev–Trinajstić information content (AvgIpc) is 2.91. The van der Waals surface area contributed by atoms with Crippen molar-refractivity contribution in [2.45, 2.75) is 12.3 Å². The SMILES string of the molecule is CCOc1ccc(C2SCC(=O)N2c2ccccn2)cc1. The van der Waals surface area contributed by atoms with Crippen molar-refractivity contribution in [3.63, 3.8) is 0 Å². The smallest absolute Gasteiger partial charge is 0.239 e. The number of rotatable bonds is 4. The number of pyridine rings is 1. The average molecular weight is 300 g/mol. The summed E-state index contributed by atoms with van der Waals surface area (Å²) in [5, 5.41) is -0.0249. The molecule has 1 aliphatic rings. The number of nitrogens with zero attached hydrogens (tertiary/aromatic N) is 2. The first-order valence-electron chi connectivity index (χ1n) is 6.87. The molecule has 5 heteroatoms. The van der Waals surface area contributed by atoms with Crippen LogP contribution >= 0.6 is 11.8 Å². The van der Waals surface area contributed by atoms with Crippen LogP contribution in [0.2, 0.25) is 0 Å². The van der Waals surface area contributed by atoms with E-state index in [0.717, 1.165) is 11.3 Å². The van der Waals surface area contributed by atoms with Gasteiger partial charge >= 0.3 is 0 Å². The molecule has 1 amide bonds. The second-order valence-electron chi connectivity index (χ2n) is 4.62. The van der Waals surface area contributed by atoms with Gasteiger partial charge in [0.15, 0.2) is 0 Å². The fraction of sp³-hybridized carbons (Fsp3) is 0.250. The van der Waals surface area contributed by atoms with E-state index in [1.807, 2.05) is 49.4 Å². The highest BCUT2D eigenvalue weighted by atomic mass is 32.2. The number of anilines is 1. The van der Waals surface area contributed by atoms with Crippen LogP contribution in [0.15, 0.2) is 48.7 Å². The van der Waals surface area contributed by atoms with E-state index < -0.39 is 0 Å². The second kappa shape index (κ2) is 6.18. The van der Waals surface area contributed by atoms with Crippen LogP contribution in [-0.2, 0) is 4.79 Å². The lowest BCUT2D eigenvalue weighted by Crippen LogP contribution is -2.28. The minimum Gasteiger partial charge on any atom is -0.494 e. The number of hydrogen-bond donors (Lipinski definition) is 0. The Morgan fingerprint density at radius 1 is 1.29 bits per heavy atom. The fourth-order valence-electron chi connectivity index (χ4n) is 2.31. The summed E-state index contributed by atoms with van der Waals surface area (Å²) in [5.41, 5.74) is 1.08. The molecular formula is C16H16N2O2S. The van der Waals surface area contributed by atoms with Crippen molar-refractivity contribution < 1.29 is 9.53 Å². The number of amides is 1. The van der Waals surface area contributed by atoms with Gasteiger partial charge in [0.1, 0.15) is 16.9 Å². The van der Waals surface area contributed by atoms with Crippen molar-refractivity contribution in [1.29, 1.82) is 0 Å². The van der Waals surface area contributed by atoms with Crippen LogP contribution in [0, 0.1) is 0 Å². The molecule has 21 heavy (non-hydrogen) atoms. The summed E-state index contributed by atoms with van der Waals surface area (Å²) in [6.45, 7) is 2.61. The zero-order chi connectivity index (χ0) is 14.7. The first-order chi connectivity index (χ1) is 10.3. The molecule has 1 atom stereocenters. The standard InChI is InChI=1S/C16H16N2O2S/c1-2-20-13-8-6-12(7-9-13)16-18(15(19)11-21-16)14-5-3-4-10-17-14/h3-10,16H,2,11H2,1H3. The van der Waals surface area contributed by atoms with Crippen LogP contribution in [0.3, 0.4) is 0 Å². The van der Waals surface area contributed by atoms with Crippen molar-refractivity contribution in [2.24, 2.45) is 0 Å². The summed E-state index contributed by atoms with van der Waals surface area (Å²) in [4.78, 5) is 18.2. The molecule has 0 radical (unpaired) electrons. The monoisotopic (exact) mass is 300 g/mol. The highest BCUT2D eigenvalue weighted by Crippen LogP contribution is 2.41. The van der Waals surface area contributed by atoms with Crippen molar-refractivity contribution in [3.05, 3.63) is 54.2 Å². The molecule has 0 saturated carbocycles. The molecular weight excluding hydrogens is 284 g/mol. The molecule has 108 valence electrons. The Hall–Kier alpha value is -2.01. The fourth-order valence-corrected chi connectivity index (χ4v) is 3.47. The molecule has 2 aromatic rings. The number of carbonyl (C=O) groups is 1. The van der Waals surface area contributed by atoms with Gasteiger partial charge in [-0.3, -0.25) is 9.69 Å². The molecule has 1 unspecified atom stereocenters. The second-order valence-corrected chi connectivity index (χ2v) is 5.69. The van der Waals surface area contributed by atoms with Gasteiger partial charge in [0.05, 0.1) is 12.4 Å². The maximum Gasteiger partial charge on any atom is 0.239 e. The lowest BCUT2D eigenvalue weighted by molar-refractivity contribution is -0.115. The quantitative estimate of drug-likeness (QED) is 0.869. The first-order valence-corrected chi connectivity index (χ1v) is 7.92. The predicted octanol–water partition coefficient (Wildman–Crippen LogP) is 3.26. The lowest BCUT2D eigenvalue weighted by atomic mass is 10.2. The molecule has 1 fully saturated rings. The highest BCUT2D eigenvalue weighted by molar-refractivity contribution is 8.00. The Labute approximate surface area is 128 Å². The third-order valence-corrected chi connectivity index (χ3v) is 4.45. The van der Waals surface area contributed by atoms with E-state index >= 15 is 0 Å². The Balaban J connectivity index is 1.88. The Kier molecular flexibility index (Phi) is 4.10. The number of aromatic nitrogens is 1. The van der Waals surface area contributed by atoms with Crippen molar-refractivity contribution >= 4 is 23.5 Å². The molecule has 0 spiro atoms. The number of benzene rings is 1. The van der Waals surface area contributed by atoms with E-state index in [0.29, 0.717) is 18.2 Å². The molecule has 0 N–H and O–H groups in total. The maximum absolute atomic E-state index is 12.2. The molecule has 1 aromatic heterocycles. The van der Waals surface area contributed by atoms with Gasteiger partial charge in [-0.2, -0.15) is 0 Å². The van der Waals surface area contributed by atoms with Gasteiger partial charge in [-0.15, -0.1) is 11.8 Å². The van der Waals surface area contributed by atoms with Gasteiger partial charge in [0.2, 0.25) is 5.91 Å². The lowest BCUT2D eigenvalue weighted by Gasteiger charge is -2.23. The van der Waals surface area contributed by atoms with Crippen LogP contribution in [0.25, 0.3) is 0 Å². The third-order valence-electron chi connectivity index (χ3n) is 3.24. The van der Waals surface area contributed by atoms with Gasteiger partial charge in [-0.05, 0) is 36.8 Å². The molecule has 1 aromatic carbocycles. The zero-order valence-corrected chi connectivity index (χ0v) is 12.5. The van der Waals surface area contributed by atoms with Gasteiger partial charge < -0.3 is 4.74 Å². The van der Waals surface area contributed by atoms with Gasteiger partial charge in [0, 0.05) is 6.20 Å². The number of carbonyl (C=O) groups excluding carboxylic acids is 1. The predicted molar refractivity (Wildman–Crippen MR) is 84.5 cm³/mol. The zero-order valence-electron chi connectivity index (χ0n) is 11.7. The molecule has 3 rings (SSSR count). The summed E-state index contributed by atoms with van der Waals surface area (Å²) in [5.74, 6) is 2.12. The van der Waals surface area contributed by atoms with Gasteiger partial charge in [0.25, 0.3) is 0 Å². The normalized spacial score (nSPS) is 18.0. The number of thioether (sulfide) groups is 1. The number of ether oxygens (including phenoxy) is 1. The van der Waals surface area contributed by atoms with E-state index in [2.05, 4.69) is 4.98 Å². The molecule has 2 heterocycles. The Morgan fingerprint density at radius 3 is 2.76 bits per heavy atom. The largest absolute Gasteiger partial charge is 0.494 e. The van der Waals surface area contributed by atoms with E-state index in [1.54, 1.807) is 22.9 Å². The minimum atomic E-state index is -0.0249. The van der Waals surface area contributed by atoms with Crippen molar-refractivity contribution in [2.75, 3.05) is 17.3 Å². The van der Waals surface area contributed by atoms with Crippen LogP contribution in [-0.4, -0.2) is 23.3 Å². The minimum absolute atomic E-state index is 0.0249. The molecule has 4 nitrogen and oxygen atoms in total. The molecule has 0 aliphatic carbocycles. The summed E-state index contributed by atoms with van der Waals surface area (Å²) in [7, 11) is 0. The molecule has 1 aliphatic heterocycles. The van der Waals surface area contributed by atoms with Crippen LogP contribution in [0.5, 0.6) is 5.75 Å². The van der Waals surface area contributed by atoms with Crippen molar-refractivity contribution in [3.8, 4) is 5.75 Å². The van der Waals surface area contributed by atoms with E-state index in [9.17, 15) is 4.79 Å². The van der Waals surface area contributed by atoms with E-state index in [-0.39, 0.29) is 11.3 Å². The summed E-state index contributed by atoms with van der Waals surface area (Å²) in [6, 6.07) is 13.5. The van der Waals surface area contributed by atoms with Gasteiger partial charge in [-0.25, -0.2) is 4.98 Å². The summed E-state index contributed by atoms with van der Waals surface area (Å²) < 4.78 is 5.46. The Morgan fingerprint density at radius 2 is 2.10 bits per heavy atom. The molecule has 0 bridgehead atoms. The summed E-state index contributed by atoms with van der Waals surface area (Å²) in [6.07, 6.45) is 1.71. The topological polar surface area (TPSA) is 42.4 Å². The first kappa shape index (κ1) is 13.9. The van der Waals surface area contributed by atoms with Crippen LogP contribution < -0.4 is 9.64 Å². The van der Waals surface area contributed by atoms with E-state index in [1.165, 1.54) is 0 Å². The number of hydrogen-bond acceptors (Lipinski definition) is 4. The van der Waals surface area contributed by atoms with Gasteiger partial charge in [-0.1, -0.05) is 18.2 Å². The van der Waals surface area contributed by atoms with E-state index in [4.69, 9.17) is 4.74 Å². The molecule has 1 saturated heterocycles. The summed E-state index contributed by atoms with van der Waals surface area (Å²) >= 11 is 1.62. The Bertz CT molecular complexity index is 616. The highest BCUT2D eigenvalue weighted by Gasteiger charge is 2.34. The van der Waals surface area contributed by atoms with Crippen LogP contribution in [0.1, 0.15) is 17.9 Å². The van der Waals surface area contributed by atoms with Crippen molar-refractivity contribution in [1.82, 2.24) is 4.98 Å². The third kappa shape index (κ3) is 2.88. The van der Waals surface area contributed by atoms with Crippen LogP contribution in [0.4, 0.5) is 5.82 Å².